The number of hydrogen-bond donors (Lipinski definition) is 2. The highest BCUT2D eigenvalue weighted by molar-refractivity contribution is 6.33. The van der Waals surface area contributed by atoms with Gasteiger partial charge in [0.1, 0.15) is 11.3 Å². The lowest BCUT2D eigenvalue weighted by molar-refractivity contribution is -0.124. The van der Waals surface area contributed by atoms with Gasteiger partial charge < -0.3 is 20.5 Å². The highest BCUT2D eigenvalue weighted by Gasteiger charge is 2.18. The third-order valence-electron chi connectivity index (χ3n) is 3.55. The van der Waals surface area contributed by atoms with Gasteiger partial charge >= 0.3 is 5.97 Å². The zero-order valence-corrected chi connectivity index (χ0v) is 14.7. The Morgan fingerprint density at radius 2 is 1.92 bits per heavy atom. The largest absolute Gasteiger partial charge is 0.496 e. The van der Waals surface area contributed by atoms with Crippen molar-refractivity contribution in [3.63, 3.8) is 0 Å². The Bertz CT molecular complexity index is 765. The van der Waals surface area contributed by atoms with Crippen molar-refractivity contribution in [1.29, 1.82) is 0 Å². The van der Waals surface area contributed by atoms with E-state index in [1.165, 1.54) is 19.2 Å². The summed E-state index contributed by atoms with van der Waals surface area (Å²) in [7, 11) is 1.40. The van der Waals surface area contributed by atoms with E-state index in [9.17, 15) is 9.59 Å². The molecule has 0 radical (unpaired) electrons. The van der Waals surface area contributed by atoms with Gasteiger partial charge in [0.2, 0.25) is 0 Å². The lowest BCUT2D eigenvalue weighted by Crippen LogP contribution is -2.31. The van der Waals surface area contributed by atoms with E-state index in [-0.39, 0.29) is 28.1 Å². The van der Waals surface area contributed by atoms with Gasteiger partial charge in [0, 0.05) is 6.07 Å². The van der Waals surface area contributed by atoms with E-state index < -0.39 is 18.5 Å². The first kappa shape index (κ1) is 18.6. The Morgan fingerprint density at radius 1 is 1.24 bits per heavy atom. The molecule has 1 amide bonds. The number of esters is 1. The molecule has 0 aliphatic heterocycles. The smallest absolute Gasteiger partial charge is 0.342 e. The van der Waals surface area contributed by atoms with Crippen LogP contribution in [-0.4, -0.2) is 25.6 Å². The van der Waals surface area contributed by atoms with E-state index in [0.717, 1.165) is 5.56 Å². The van der Waals surface area contributed by atoms with Crippen LogP contribution in [0.5, 0.6) is 5.75 Å². The minimum Gasteiger partial charge on any atom is -0.496 e. The molecule has 132 valence electrons. The minimum atomic E-state index is -0.721. The molecule has 0 unspecified atom stereocenters. The Hall–Kier alpha value is -2.73. The molecule has 0 aromatic heterocycles. The Balaban J connectivity index is 1.96. The number of hydrogen-bond acceptors (Lipinski definition) is 5. The Kier molecular flexibility index (Phi) is 6.25. The number of nitrogen functional groups attached to an aromatic ring is 1. The standard InChI is InChI=1S/C18H19ClN2O4/c1-11(12-6-4-3-5-7-12)21-17(22)10-25-18(23)13-8-14(19)15(20)9-16(13)24-2/h3-9,11H,10,20H2,1-2H3,(H,21,22)/t11-/m1/s1. The Labute approximate surface area is 150 Å². The van der Waals surface area contributed by atoms with E-state index in [4.69, 9.17) is 26.8 Å². The number of halogens is 1. The van der Waals surface area contributed by atoms with E-state index >= 15 is 0 Å². The zero-order chi connectivity index (χ0) is 18.4. The highest BCUT2D eigenvalue weighted by Crippen LogP contribution is 2.29. The molecular weight excluding hydrogens is 344 g/mol. The van der Waals surface area contributed by atoms with Crippen LogP contribution < -0.4 is 15.8 Å². The Morgan fingerprint density at radius 3 is 2.56 bits per heavy atom. The number of nitrogens with one attached hydrogen (secondary N) is 1. The van der Waals surface area contributed by atoms with Crippen LogP contribution in [0.15, 0.2) is 42.5 Å². The first-order valence-corrected chi connectivity index (χ1v) is 7.94. The summed E-state index contributed by atoms with van der Waals surface area (Å²) < 4.78 is 10.1. The fourth-order valence-corrected chi connectivity index (χ4v) is 2.38. The van der Waals surface area contributed by atoms with Crippen molar-refractivity contribution in [3.05, 3.63) is 58.6 Å². The molecular formula is C18H19ClN2O4. The number of amides is 1. The SMILES string of the molecule is COc1cc(N)c(Cl)cc1C(=O)OCC(=O)N[C@H](C)c1ccccc1. The quantitative estimate of drug-likeness (QED) is 0.609. The molecule has 0 saturated heterocycles. The maximum absolute atomic E-state index is 12.2. The number of ether oxygens (including phenoxy) is 2. The van der Waals surface area contributed by atoms with Crippen LogP contribution in [0.1, 0.15) is 28.9 Å². The average Bonchev–Trinajstić information content (AvgIpc) is 2.62. The van der Waals surface area contributed by atoms with Crippen molar-refractivity contribution in [2.45, 2.75) is 13.0 Å². The molecule has 7 heteroatoms. The molecule has 2 aromatic carbocycles. The number of rotatable bonds is 6. The van der Waals surface area contributed by atoms with Crippen LogP contribution in [0.4, 0.5) is 5.69 Å². The second-order valence-electron chi connectivity index (χ2n) is 5.35. The number of carbonyl (C=O) groups is 2. The number of benzene rings is 2. The summed E-state index contributed by atoms with van der Waals surface area (Å²) in [4.78, 5) is 24.1. The molecule has 25 heavy (non-hydrogen) atoms. The van der Waals surface area contributed by atoms with Crippen molar-refractivity contribution in [2.75, 3.05) is 19.5 Å². The lowest BCUT2D eigenvalue weighted by atomic mass is 10.1. The van der Waals surface area contributed by atoms with E-state index in [1.807, 2.05) is 37.3 Å². The van der Waals surface area contributed by atoms with Crippen molar-refractivity contribution < 1.29 is 19.1 Å². The summed E-state index contributed by atoms with van der Waals surface area (Å²) in [6.45, 7) is 1.43. The van der Waals surface area contributed by atoms with Crippen molar-refractivity contribution in [2.24, 2.45) is 0 Å². The molecule has 0 bridgehead atoms. The van der Waals surface area contributed by atoms with Crippen LogP contribution in [-0.2, 0) is 9.53 Å². The number of carbonyl (C=O) groups excluding carboxylic acids is 2. The lowest BCUT2D eigenvalue weighted by Gasteiger charge is -2.15. The third kappa shape index (κ3) is 4.87. The third-order valence-corrected chi connectivity index (χ3v) is 3.88. The van der Waals surface area contributed by atoms with Crippen LogP contribution in [0.3, 0.4) is 0 Å². The van der Waals surface area contributed by atoms with Crippen LogP contribution >= 0.6 is 11.6 Å². The van der Waals surface area contributed by atoms with Gasteiger partial charge in [0.05, 0.1) is 23.9 Å². The topological polar surface area (TPSA) is 90.7 Å². The maximum atomic E-state index is 12.2. The molecule has 0 spiro atoms. The van der Waals surface area contributed by atoms with Gasteiger partial charge in [-0.1, -0.05) is 41.9 Å². The molecule has 0 aliphatic rings. The molecule has 0 fully saturated rings. The molecule has 6 nitrogen and oxygen atoms in total. The van der Waals surface area contributed by atoms with E-state index in [0.29, 0.717) is 0 Å². The molecule has 2 rings (SSSR count). The average molecular weight is 363 g/mol. The molecule has 1 atom stereocenters. The summed E-state index contributed by atoms with van der Waals surface area (Å²) in [6.07, 6.45) is 0. The molecule has 0 aliphatic carbocycles. The molecule has 0 heterocycles. The summed E-state index contributed by atoms with van der Waals surface area (Å²) in [5.74, 6) is -0.906. The van der Waals surface area contributed by atoms with E-state index in [1.54, 1.807) is 0 Å². The summed E-state index contributed by atoms with van der Waals surface area (Å²) >= 11 is 5.92. The fourth-order valence-electron chi connectivity index (χ4n) is 2.21. The molecule has 0 saturated carbocycles. The maximum Gasteiger partial charge on any atom is 0.342 e. The van der Waals surface area contributed by atoms with Crippen LogP contribution in [0.2, 0.25) is 5.02 Å². The normalized spacial score (nSPS) is 11.5. The van der Waals surface area contributed by atoms with Gasteiger partial charge in [0.25, 0.3) is 5.91 Å². The van der Waals surface area contributed by atoms with Gasteiger partial charge in [-0.3, -0.25) is 4.79 Å². The number of nitrogens with two attached hydrogens (primary N) is 1. The summed E-state index contributed by atoms with van der Waals surface area (Å²) in [5.41, 5.74) is 7.01. The second kappa shape index (κ2) is 8.39. The van der Waals surface area contributed by atoms with Gasteiger partial charge in [-0.25, -0.2) is 4.79 Å². The van der Waals surface area contributed by atoms with Gasteiger partial charge in [-0.15, -0.1) is 0 Å². The number of methoxy groups -OCH3 is 1. The van der Waals surface area contributed by atoms with Gasteiger partial charge in [-0.2, -0.15) is 0 Å². The monoisotopic (exact) mass is 362 g/mol. The minimum absolute atomic E-state index is 0.102. The zero-order valence-electron chi connectivity index (χ0n) is 13.9. The first-order chi connectivity index (χ1) is 11.9. The van der Waals surface area contributed by atoms with E-state index in [2.05, 4.69) is 5.32 Å². The van der Waals surface area contributed by atoms with Gasteiger partial charge in [0.15, 0.2) is 6.61 Å². The van der Waals surface area contributed by atoms with Crippen LogP contribution in [0, 0.1) is 0 Å². The van der Waals surface area contributed by atoms with Crippen molar-refractivity contribution >= 4 is 29.2 Å². The second-order valence-corrected chi connectivity index (χ2v) is 5.76. The predicted octanol–water partition coefficient (Wildman–Crippen LogP) is 2.97. The summed E-state index contributed by atoms with van der Waals surface area (Å²) in [5, 5.41) is 2.96. The molecule has 2 aromatic rings. The highest BCUT2D eigenvalue weighted by atomic mass is 35.5. The van der Waals surface area contributed by atoms with Gasteiger partial charge in [-0.05, 0) is 18.6 Å². The first-order valence-electron chi connectivity index (χ1n) is 7.56. The van der Waals surface area contributed by atoms with Crippen molar-refractivity contribution in [3.8, 4) is 5.75 Å². The molecule has 3 N–H and O–H groups in total. The fraction of sp³-hybridized carbons (Fsp3) is 0.222. The number of anilines is 1. The predicted molar refractivity (Wildman–Crippen MR) is 95.7 cm³/mol. The summed E-state index contributed by atoms with van der Waals surface area (Å²) in [6, 6.07) is 12.0. The van der Waals surface area contributed by atoms with Crippen molar-refractivity contribution in [1.82, 2.24) is 5.32 Å². The van der Waals surface area contributed by atoms with Crippen LogP contribution in [0.25, 0.3) is 0 Å².